The van der Waals surface area contributed by atoms with Crippen LogP contribution in [0.25, 0.3) is 0 Å². The van der Waals surface area contributed by atoms with Gasteiger partial charge >= 0.3 is 5.97 Å². The van der Waals surface area contributed by atoms with Gasteiger partial charge in [0.1, 0.15) is 0 Å². The van der Waals surface area contributed by atoms with Crippen molar-refractivity contribution in [3.05, 3.63) is 12.2 Å². The van der Waals surface area contributed by atoms with E-state index in [9.17, 15) is 13.2 Å². The van der Waals surface area contributed by atoms with Gasteiger partial charge in [0.2, 0.25) is 16.4 Å². The standard InChI is InChI=1S/C7H11N3O5S/c11-7(12)2-4-16(13,14)9-3-1-6-8-5-15-10-6/h5,9H,1-4H2,(H,11,12). The number of carboxylic acid groups (broad SMARTS) is 1. The summed E-state index contributed by atoms with van der Waals surface area (Å²) in [4.78, 5) is 13.9. The molecule has 1 aromatic heterocycles. The van der Waals surface area contributed by atoms with Gasteiger partial charge in [-0.2, -0.15) is 4.98 Å². The van der Waals surface area contributed by atoms with Crippen molar-refractivity contribution in [1.29, 1.82) is 0 Å². The Morgan fingerprint density at radius 3 is 2.88 bits per heavy atom. The van der Waals surface area contributed by atoms with Crippen LogP contribution >= 0.6 is 0 Å². The van der Waals surface area contributed by atoms with Gasteiger partial charge in [-0.05, 0) is 0 Å². The molecule has 0 fully saturated rings. The Morgan fingerprint density at radius 1 is 1.56 bits per heavy atom. The first-order chi connectivity index (χ1) is 7.49. The average molecular weight is 249 g/mol. The van der Waals surface area contributed by atoms with Crippen molar-refractivity contribution >= 4 is 16.0 Å². The minimum absolute atomic E-state index is 0.113. The molecule has 0 atom stereocenters. The predicted molar refractivity (Wildman–Crippen MR) is 52.0 cm³/mol. The minimum atomic E-state index is -3.55. The molecule has 0 aliphatic heterocycles. The first-order valence-electron chi connectivity index (χ1n) is 4.44. The van der Waals surface area contributed by atoms with Crippen LogP contribution in [-0.4, -0.2) is 41.9 Å². The van der Waals surface area contributed by atoms with Crippen molar-refractivity contribution in [2.75, 3.05) is 12.3 Å². The quantitative estimate of drug-likeness (QED) is 0.635. The Bertz CT molecular complexity index is 427. The second-order valence-electron chi connectivity index (χ2n) is 2.95. The smallest absolute Gasteiger partial charge is 0.304 e. The van der Waals surface area contributed by atoms with Gasteiger partial charge in [-0.1, -0.05) is 5.16 Å². The van der Waals surface area contributed by atoms with Gasteiger partial charge in [0.25, 0.3) is 0 Å². The van der Waals surface area contributed by atoms with Gasteiger partial charge in [0, 0.05) is 13.0 Å². The number of sulfonamides is 1. The van der Waals surface area contributed by atoms with E-state index in [1.807, 2.05) is 0 Å². The first kappa shape index (κ1) is 12.6. The largest absolute Gasteiger partial charge is 0.481 e. The molecule has 0 saturated carbocycles. The molecule has 8 nitrogen and oxygen atoms in total. The molecule has 0 unspecified atom stereocenters. The number of hydrogen-bond donors (Lipinski definition) is 2. The van der Waals surface area contributed by atoms with E-state index in [2.05, 4.69) is 19.4 Å². The van der Waals surface area contributed by atoms with Crippen LogP contribution in [0.4, 0.5) is 0 Å². The summed E-state index contributed by atoms with van der Waals surface area (Å²) in [6.45, 7) is 0.113. The molecule has 16 heavy (non-hydrogen) atoms. The zero-order chi connectivity index (χ0) is 12.0. The Balaban J connectivity index is 2.28. The third kappa shape index (κ3) is 4.84. The molecule has 0 aliphatic rings. The zero-order valence-electron chi connectivity index (χ0n) is 8.29. The molecule has 1 aromatic rings. The second kappa shape index (κ2) is 5.56. The number of nitrogens with one attached hydrogen (secondary N) is 1. The average Bonchev–Trinajstić information content (AvgIpc) is 2.68. The summed E-state index contributed by atoms with van der Waals surface area (Å²) in [5, 5.41) is 11.8. The number of hydrogen-bond acceptors (Lipinski definition) is 6. The van der Waals surface area contributed by atoms with Crippen molar-refractivity contribution < 1.29 is 22.8 Å². The van der Waals surface area contributed by atoms with Gasteiger partial charge in [0.15, 0.2) is 5.82 Å². The van der Waals surface area contributed by atoms with E-state index in [4.69, 9.17) is 5.11 Å². The van der Waals surface area contributed by atoms with Crippen molar-refractivity contribution in [1.82, 2.24) is 14.9 Å². The van der Waals surface area contributed by atoms with Crippen LogP contribution in [0, 0.1) is 0 Å². The third-order valence-electron chi connectivity index (χ3n) is 1.66. The maximum absolute atomic E-state index is 11.2. The number of carboxylic acids is 1. The van der Waals surface area contributed by atoms with Gasteiger partial charge < -0.3 is 9.63 Å². The molecular weight excluding hydrogens is 238 g/mol. The van der Waals surface area contributed by atoms with Crippen molar-refractivity contribution in [3.8, 4) is 0 Å². The lowest BCUT2D eigenvalue weighted by Crippen LogP contribution is -2.29. The van der Waals surface area contributed by atoms with Crippen molar-refractivity contribution in [2.45, 2.75) is 12.8 Å². The zero-order valence-corrected chi connectivity index (χ0v) is 9.11. The van der Waals surface area contributed by atoms with Crippen molar-refractivity contribution in [2.24, 2.45) is 0 Å². The monoisotopic (exact) mass is 249 g/mol. The summed E-state index contributed by atoms with van der Waals surface area (Å²) < 4.78 is 29.1. The molecule has 1 rings (SSSR count). The van der Waals surface area contributed by atoms with Crippen LogP contribution in [0.3, 0.4) is 0 Å². The SMILES string of the molecule is O=C(O)CCS(=O)(=O)NCCc1ncon1. The van der Waals surface area contributed by atoms with Crippen LogP contribution in [-0.2, 0) is 21.2 Å². The van der Waals surface area contributed by atoms with Gasteiger partial charge in [-0.15, -0.1) is 0 Å². The van der Waals surface area contributed by atoms with Gasteiger partial charge in [-0.3, -0.25) is 4.79 Å². The van der Waals surface area contributed by atoms with E-state index >= 15 is 0 Å². The number of aliphatic carboxylic acids is 1. The molecule has 90 valence electrons. The van der Waals surface area contributed by atoms with Gasteiger partial charge in [0.05, 0.1) is 12.2 Å². The molecule has 0 aliphatic carbocycles. The molecular formula is C7H11N3O5S. The lowest BCUT2D eigenvalue weighted by molar-refractivity contribution is -0.136. The highest BCUT2D eigenvalue weighted by molar-refractivity contribution is 7.89. The summed E-state index contributed by atoms with van der Waals surface area (Å²) in [5.41, 5.74) is 0. The van der Waals surface area contributed by atoms with Crippen LogP contribution in [0.15, 0.2) is 10.9 Å². The Hall–Kier alpha value is -1.48. The van der Waals surface area contributed by atoms with Crippen LogP contribution < -0.4 is 4.72 Å². The van der Waals surface area contributed by atoms with Crippen LogP contribution in [0.1, 0.15) is 12.2 Å². The lowest BCUT2D eigenvalue weighted by atomic mass is 10.4. The van der Waals surface area contributed by atoms with E-state index in [0.717, 1.165) is 6.39 Å². The molecule has 2 N–H and O–H groups in total. The van der Waals surface area contributed by atoms with Crippen LogP contribution in [0.5, 0.6) is 0 Å². The number of nitrogens with zero attached hydrogens (tertiary/aromatic N) is 2. The summed E-state index contributed by atoms with van der Waals surface area (Å²) >= 11 is 0. The maximum atomic E-state index is 11.2. The highest BCUT2D eigenvalue weighted by Gasteiger charge is 2.12. The summed E-state index contributed by atoms with van der Waals surface area (Å²) in [6.07, 6.45) is 1.02. The number of aromatic nitrogens is 2. The second-order valence-corrected chi connectivity index (χ2v) is 4.88. The Labute approximate surface area is 91.7 Å². The highest BCUT2D eigenvalue weighted by Crippen LogP contribution is 1.92. The van der Waals surface area contributed by atoms with E-state index in [1.54, 1.807) is 0 Å². The van der Waals surface area contributed by atoms with E-state index in [-0.39, 0.29) is 6.54 Å². The molecule has 0 radical (unpaired) electrons. The Kier molecular flexibility index (Phi) is 4.38. The lowest BCUT2D eigenvalue weighted by Gasteiger charge is -2.03. The topological polar surface area (TPSA) is 122 Å². The molecule has 1 heterocycles. The molecule has 0 saturated heterocycles. The Morgan fingerprint density at radius 2 is 2.31 bits per heavy atom. The normalized spacial score (nSPS) is 11.5. The highest BCUT2D eigenvalue weighted by atomic mass is 32.2. The van der Waals surface area contributed by atoms with E-state index < -0.39 is 28.2 Å². The number of rotatable bonds is 7. The fourth-order valence-electron chi connectivity index (χ4n) is 0.915. The first-order valence-corrected chi connectivity index (χ1v) is 6.09. The predicted octanol–water partition coefficient (Wildman–Crippen LogP) is -0.994. The maximum Gasteiger partial charge on any atom is 0.304 e. The third-order valence-corrected chi connectivity index (χ3v) is 3.05. The fraction of sp³-hybridized carbons (Fsp3) is 0.571. The summed E-state index contributed by atoms with van der Waals surface area (Å²) in [5.74, 6) is -1.20. The summed E-state index contributed by atoms with van der Waals surface area (Å²) in [6, 6.07) is 0. The fourth-order valence-corrected chi connectivity index (χ4v) is 1.92. The van der Waals surface area contributed by atoms with Crippen molar-refractivity contribution in [3.63, 3.8) is 0 Å². The summed E-state index contributed by atoms with van der Waals surface area (Å²) in [7, 11) is -3.55. The van der Waals surface area contributed by atoms with E-state index in [1.165, 1.54) is 0 Å². The molecule has 0 amide bonds. The van der Waals surface area contributed by atoms with E-state index in [0.29, 0.717) is 12.2 Å². The van der Waals surface area contributed by atoms with Crippen LogP contribution in [0.2, 0.25) is 0 Å². The molecule has 0 bridgehead atoms. The molecule has 9 heteroatoms. The number of carbonyl (C=O) groups is 1. The van der Waals surface area contributed by atoms with Gasteiger partial charge in [-0.25, -0.2) is 13.1 Å². The minimum Gasteiger partial charge on any atom is -0.481 e. The molecule has 0 aromatic carbocycles. The molecule has 0 spiro atoms.